The zero-order chi connectivity index (χ0) is 14.1. The van der Waals surface area contributed by atoms with Crippen LogP contribution in [0.15, 0.2) is 0 Å². The first-order chi connectivity index (χ1) is 9.13. The standard InChI is InChI=1S/C11H21N3O5/c1-18-6-2-3-9(10(15)16)12-11(17)13-14-4-7-19-8-5-14/h9H,2-8H2,1H3,(H,15,16)(H2,12,13,17). The first-order valence-corrected chi connectivity index (χ1v) is 6.25. The van der Waals surface area contributed by atoms with Gasteiger partial charge in [0.05, 0.1) is 13.2 Å². The molecule has 1 fully saturated rings. The highest BCUT2D eigenvalue weighted by Gasteiger charge is 2.21. The van der Waals surface area contributed by atoms with Gasteiger partial charge in [-0.2, -0.15) is 0 Å². The molecule has 0 aromatic heterocycles. The summed E-state index contributed by atoms with van der Waals surface area (Å²) < 4.78 is 10.00. The van der Waals surface area contributed by atoms with Gasteiger partial charge in [-0.25, -0.2) is 14.6 Å². The maximum absolute atomic E-state index is 11.7. The molecule has 8 nitrogen and oxygen atoms in total. The molecule has 2 amide bonds. The number of carbonyl (C=O) groups excluding carboxylic acids is 1. The fourth-order valence-corrected chi connectivity index (χ4v) is 1.70. The minimum atomic E-state index is -1.05. The predicted octanol–water partition coefficient (Wildman–Crippen LogP) is -0.587. The van der Waals surface area contributed by atoms with Crippen LogP contribution >= 0.6 is 0 Å². The molecule has 1 aliphatic rings. The number of urea groups is 1. The smallest absolute Gasteiger partial charge is 0.330 e. The molecule has 110 valence electrons. The number of amides is 2. The van der Waals surface area contributed by atoms with E-state index in [0.717, 1.165) is 0 Å². The molecule has 0 aromatic rings. The molecule has 19 heavy (non-hydrogen) atoms. The lowest BCUT2D eigenvalue weighted by molar-refractivity contribution is -0.139. The van der Waals surface area contributed by atoms with Crippen molar-refractivity contribution in [3.8, 4) is 0 Å². The van der Waals surface area contributed by atoms with Crippen molar-refractivity contribution in [2.45, 2.75) is 18.9 Å². The van der Waals surface area contributed by atoms with Gasteiger partial charge in [0.1, 0.15) is 6.04 Å². The van der Waals surface area contributed by atoms with Gasteiger partial charge in [-0.05, 0) is 12.8 Å². The third kappa shape index (κ3) is 6.37. The molecule has 1 atom stereocenters. The van der Waals surface area contributed by atoms with Crippen molar-refractivity contribution >= 4 is 12.0 Å². The van der Waals surface area contributed by atoms with E-state index in [9.17, 15) is 9.59 Å². The Kier molecular flexibility index (Phi) is 7.16. The third-order valence-corrected chi connectivity index (χ3v) is 2.72. The van der Waals surface area contributed by atoms with Crippen molar-refractivity contribution in [2.75, 3.05) is 40.0 Å². The number of hydrazine groups is 1. The Morgan fingerprint density at radius 1 is 1.42 bits per heavy atom. The van der Waals surface area contributed by atoms with Gasteiger partial charge in [-0.3, -0.25) is 5.43 Å². The normalized spacial score (nSPS) is 17.7. The summed E-state index contributed by atoms with van der Waals surface area (Å²) in [6.45, 7) is 2.76. The molecule has 1 heterocycles. The van der Waals surface area contributed by atoms with Gasteiger partial charge in [0.2, 0.25) is 0 Å². The molecule has 3 N–H and O–H groups in total. The van der Waals surface area contributed by atoms with E-state index >= 15 is 0 Å². The van der Waals surface area contributed by atoms with E-state index in [1.54, 1.807) is 12.1 Å². The minimum Gasteiger partial charge on any atom is -0.480 e. The van der Waals surface area contributed by atoms with Gasteiger partial charge in [0.15, 0.2) is 0 Å². The quantitative estimate of drug-likeness (QED) is 0.537. The van der Waals surface area contributed by atoms with Crippen LogP contribution in [-0.2, 0) is 14.3 Å². The molecule has 1 rings (SSSR count). The number of nitrogens with one attached hydrogen (secondary N) is 2. The maximum atomic E-state index is 11.7. The van der Waals surface area contributed by atoms with E-state index in [0.29, 0.717) is 45.8 Å². The number of morpholine rings is 1. The molecule has 8 heteroatoms. The van der Waals surface area contributed by atoms with Gasteiger partial charge in [0.25, 0.3) is 0 Å². The second-order valence-electron chi connectivity index (χ2n) is 4.21. The molecule has 1 aliphatic heterocycles. The van der Waals surface area contributed by atoms with E-state index in [2.05, 4.69) is 10.7 Å². The third-order valence-electron chi connectivity index (χ3n) is 2.72. The van der Waals surface area contributed by atoms with E-state index in [1.807, 2.05) is 0 Å². The molecule has 1 saturated heterocycles. The first-order valence-electron chi connectivity index (χ1n) is 6.25. The largest absolute Gasteiger partial charge is 0.480 e. The molecule has 0 bridgehead atoms. The molecule has 0 saturated carbocycles. The second kappa shape index (κ2) is 8.68. The summed E-state index contributed by atoms with van der Waals surface area (Å²) in [5, 5.41) is 13.1. The number of carboxylic acid groups (broad SMARTS) is 1. The van der Waals surface area contributed by atoms with Crippen LogP contribution < -0.4 is 10.7 Å². The molecular weight excluding hydrogens is 254 g/mol. The Morgan fingerprint density at radius 2 is 2.11 bits per heavy atom. The Balaban J connectivity index is 2.31. The Hall–Kier alpha value is -1.38. The van der Waals surface area contributed by atoms with Crippen molar-refractivity contribution in [1.82, 2.24) is 15.8 Å². The van der Waals surface area contributed by atoms with E-state index in [1.165, 1.54) is 0 Å². The topological polar surface area (TPSA) is 100 Å². The second-order valence-corrected chi connectivity index (χ2v) is 4.21. The van der Waals surface area contributed by atoms with Crippen LogP contribution in [0.5, 0.6) is 0 Å². The van der Waals surface area contributed by atoms with E-state index in [-0.39, 0.29) is 0 Å². The lowest BCUT2D eigenvalue weighted by Crippen LogP contribution is -2.54. The Labute approximate surface area is 112 Å². The van der Waals surface area contributed by atoms with Crippen LogP contribution in [0.2, 0.25) is 0 Å². The molecule has 0 radical (unpaired) electrons. The van der Waals surface area contributed by atoms with Crippen LogP contribution in [0.3, 0.4) is 0 Å². The van der Waals surface area contributed by atoms with Crippen LogP contribution in [-0.4, -0.2) is 68.2 Å². The van der Waals surface area contributed by atoms with Crippen LogP contribution in [0, 0.1) is 0 Å². The summed E-state index contributed by atoms with van der Waals surface area (Å²) in [7, 11) is 1.55. The molecular formula is C11H21N3O5. The Bertz CT molecular complexity index is 294. The summed E-state index contributed by atoms with van der Waals surface area (Å²) in [4.78, 5) is 22.7. The Morgan fingerprint density at radius 3 is 2.68 bits per heavy atom. The van der Waals surface area contributed by atoms with Gasteiger partial charge in [-0.15, -0.1) is 0 Å². The SMILES string of the molecule is COCCCC(NC(=O)NN1CCOCC1)C(=O)O. The minimum absolute atomic E-state index is 0.333. The van der Waals surface area contributed by atoms with Gasteiger partial charge in [0, 0.05) is 26.8 Å². The maximum Gasteiger partial charge on any atom is 0.330 e. The number of carboxylic acids is 1. The summed E-state index contributed by atoms with van der Waals surface area (Å²) in [6, 6.07) is -1.41. The summed E-state index contributed by atoms with van der Waals surface area (Å²) >= 11 is 0. The average molecular weight is 275 g/mol. The lowest BCUT2D eigenvalue weighted by atomic mass is 10.1. The fourth-order valence-electron chi connectivity index (χ4n) is 1.70. The van der Waals surface area contributed by atoms with Crippen molar-refractivity contribution < 1.29 is 24.2 Å². The number of nitrogens with zero attached hydrogens (tertiary/aromatic N) is 1. The lowest BCUT2D eigenvalue weighted by Gasteiger charge is -2.27. The summed E-state index contributed by atoms with van der Waals surface area (Å²) in [5.41, 5.74) is 2.60. The highest BCUT2D eigenvalue weighted by atomic mass is 16.5. The number of aliphatic carboxylic acids is 1. The average Bonchev–Trinajstić information content (AvgIpc) is 2.38. The predicted molar refractivity (Wildman–Crippen MR) is 66.6 cm³/mol. The molecule has 0 spiro atoms. The van der Waals surface area contributed by atoms with Gasteiger partial charge in [-0.1, -0.05) is 0 Å². The van der Waals surface area contributed by atoms with E-state index < -0.39 is 18.0 Å². The highest BCUT2D eigenvalue weighted by molar-refractivity contribution is 5.82. The monoisotopic (exact) mass is 275 g/mol. The number of ether oxygens (including phenoxy) is 2. The molecule has 0 aliphatic carbocycles. The van der Waals surface area contributed by atoms with Gasteiger partial charge >= 0.3 is 12.0 Å². The summed E-state index contributed by atoms with van der Waals surface area (Å²) in [5.74, 6) is -1.05. The summed E-state index contributed by atoms with van der Waals surface area (Å²) in [6.07, 6.45) is 0.908. The highest BCUT2D eigenvalue weighted by Crippen LogP contribution is 1.99. The van der Waals surface area contributed by atoms with Crippen molar-refractivity contribution in [1.29, 1.82) is 0 Å². The fraction of sp³-hybridized carbons (Fsp3) is 0.818. The molecule has 1 unspecified atom stereocenters. The van der Waals surface area contributed by atoms with Crippen LogP contribution in [0.25, 0.3) is 0 Å². The number of hydrogen-bond acceptors (Lipinski definition) is 5. The van der Waals surface area contributed by atoms with Crippen molar-refractivity contribution in [2.24, 2.45) is 0 Å². The first kappa shape index (κ1) is 15.7. The van der Waals surface area contributed by atoms with Crippen LogP contribution in [0.1, 0.15) is 12.8 Å². The number of methoxy groups -OCH3 is 1. The molecule has 0 aromatic carbocycles. The van der Waals surface area contributed by atoms with Gasteiger partial charge < -0.3 is 19.9 Å². The number of hydrogen-bond donors (Lipinski definition) is 3. The number of rotatable bonds is 7. The number of carbonyl (C=O) groups is 2. The van der Waals surface area contributed by atoms with Crippen molar-refractivity contribution in [3.63, 3.8) is 0 Å². The van der Waals surface area contributed by atoms with Crippen molar-refractivity contribution in [3.05, 3.63) is 0 Å². The zero-order valence-electron chi connectivity index (χ0n) is 11.1. The zero-order valence-corrected chi connectivity index (χ0v) is 11.1. The van der Waals surface area contributed by atoms with Crippen LogP contribution in [0.4, 0.5) is 4.79 Å². The van der Waals surface area contributed by atoms with E-state index in [4.69, 9.17) is 14.6 Å².